The average Bonchev–Trinajstić information content (AvgIpc) is 2.38. The molecular weight excluding hydrogens is 365 g/mol. The van der Waals surface area contributed by atoms with E-state index in [-0.39, 0.29) is 0 Å². The maximum absolute atomic E-state index is 5.98. The fourth-order valence-electron chi connectivity index (χ4n) is 1.39. The molecule has 2 aromatic rings. The number of methoxy groups -OCH3 is 1. The Balaban J connectivity index is 2.02. The number of aromatic nitrogens is 2. The van der Waals surface area contributed by atoms with E-state index in [0.29, 0.717) is 17.5 Å². The van der Waals surface area contributed by atoms with Crippen molar-refractivity contribution in [2.24, 2.45) is 0 Å². The zero-order valence-corrected chi connectivity index (χ0v) is 12.6. The van der Waals surface area contributed by atoms with Crippen molar-refractivity contribution in [3.05, 3.63) is 44.9 Å². The first-order chi connectivity index (χ1) is 8.69. The van der Waals surface area contributed by atoms with Gasteiger partial charge in [-0.3, -0.25) is 0 Å². The number of anilines is 1. The summed E-state index contributed by atoms with van der Waals surface area (Å²) in [5.74, 6) is 1.43. The second-order valence-electron chi connectivity index (χ2n) is 3.53. The van der Waals surface area contributed by atoms with Gasteiger partial charge in [0.1, 0.15) is 9.45 Å². The molecule has 0 spiro atoms. The van der Waals surface area contributed by atoms with Crippen LogP contribution in [-0.4, -0.2) is 17.1 Å². The van der Waals surface area contributed by atoms with Crippen molar-refractivity contribution in [2.45, 2.75) is 6.54 Å². The van der Waals surface area contributed by atoms with Crippen LogP contribution in [-0.2, 0) is 6.54 Å². The number of nitrogens with one attached hydrogen (secondary N) is 1. The maximum Gasteiger partial charge on any atom is 0.172 e. The van der Waals surface area contributed by atoms with Gasteiger partial charge in [0.05, 0.1) is 13.3 Å². The largest absolute Gasteiger partial charge is 0.497 e. The molecule has 0 radical (unpaired) electrons. The molecular formula is C12H11ClIN3O. The molecule has 18 heavy (non-hydrogen) atoms. The minimum Gasteiger partial charge on any atom is -0.497 e. The van der Waals surface area contributed by atoms with Gasteiger partial charge in [0.2, 0.25) is 0 Å². The fourth-order valence-corrected chi connectivity index (χ4v) is 2.12. The third kappa shape index (κ3) is 3.46. The summed E-state index contributed by atoms with van der Waals surface area (Å²) in [6.07, 6.45) is 1.67. The molecule has 94 valence electrons. The Bertz CT molecular complexity index is 533. The molecule has 1 N–H and O–H groups in total. The van der Waals surface area contributed by atoms with Crippen molar-refractivity contribution in [3.63, 3.8) is 0 Å². The van der Waals surface area contributed by atoms with Crippen molar-refractivity contribution in [2.75, 3.05) is 12.4 Å². The van der Waals surface area contributed by atoms with Gasteiger partial charge in [-0.2, -0.15) is 0 Å². The Labute approximate surface area is 124 Å². The second-order valence-corrected chi connectivity index (χ2v) is 5.00. The Morgan fingerprint density at radius 1 is 1.33 bits per heavy atom. The van der Waals surface area contributed by atoms with Gasteiger partial charge in [0, 0.05) is 6.54 Å². The number of benzene rings is 1. The summed E-state index contributed by atoms with van der Waals surface area (Å²) in [4.78, 5) is 8.31. The van der Waals surface area contributed by atoms with Gasteiger partial charge in [-0.15, -0.1) is 0 Å². The predicted octanol–water partition coefficient (Wildman–Crippen LogP) is 3.36. The molecule has 0 saturated carbocycles. The SMILES string of the molecule is COc1ccc(CNc2ncc(I)nc2Cl)cc1. The van der Waals surface area contributed by atoms with Crippen molar-refractivity contribution in [1.82, 2.24) is 9.97 Å². The van der Waals surface area contributed by atoms with Crippen LogP contribution in [0.1, 0.15) is 5.56 Å². The van der Waals surface area contributed by atoms with E-state index in [4.69, 9.17) is 16.3 Å². The molecule has 0 aliphatic rings. The summed E-state index contributed by atoms with van der Waals surface area (Å²) in [5, 5.41) is 3.53. The predicted molar refractivity (Wildman–Crippen MR) is 80.1 cm³/mol. The van der Waals surface area contributed by atoms with Crippen molar-refractivity contribution >= 4 is 40.0 Å². The molecule has 4 nitrogen and oxygen atoms in total. The summed E-state index contributed by atoms with van der Waals surface area (Å²) in [6, 6.07) is 7.80. The van der Waals surface area contributed by atoms with Crippen LogP contribution in [0.15, 0.2) is 30.5 Å². The highest BCUT2D eigenvalue weighted by atomic mass is 127. The molecule has 6 heteroatoms. The topological polar surface area (TPSA) is 47.0 Å². The van der Waals surface area contributed by atoms with Crippen LogP contribution >= 0.6 is 34.2 Å². The maximum atomic E-state index is 5.98. The lowest BCUT2D eigenvalue weighted by Gasteiger charge is -2.07. The summed E-state index contributed by atoms with van der Waals surface area (Å²) >= 11 is 8.05. The third-order valence-corrected chi connectivity index (χ3v) is 3.10. The van der Waals surface area contributed by atoms with Gasteiger partial charge in [-0.1, -0.05) is 23.7 Å². The van der Waals surface area contributed by atoms with Crippen LogP contribution in [0.25, 0.3) is 0 Å². The summed E-state index contributed by atoms with van der Waals surface area (Å²) < 4.78 is 5.87. The average molecular weight is 376 g/mol. The lowest BCUT2D eigenvalue weighted by Crippen LogP contribution is -2.03. The highest BCUT2D eigenvalue weighted by molar-refractivity contribution is 14.1. The Morgan fingerprint density at radius 2 is 2.06 bits per heavy atom. The first kappa shape index (κ1) is 13.4. The minimum absolute atomic E-state index is 0.385. The van der Waals surface area contributed by atoms with Gasteiger partial charge in [-0.05, 0) is 40.3 Å². The lowest BCUT2D eigenvalue weighted by atomic mass is 10.2. The molecule has 0 fully saturated rings. The van der Waals surface area contributed by atoms with Gasteiger partial charge in [-0.25, -0.2) is 9.97 Å². The zero-order valence-electron chi connectivity index (χ0n) is 9.65. The first-order valence-electron chi connectivity index (χ1n) is 5.24. The van der Waals surface area contributed by atoms with E-state index in [1.165, 1.54) is 0 Å². The van der Waals surface area contributed by atoms with E-state index in [1.54, 1.807) is 13.3 Å². The molecule has 0 unspecified atom stereocenters. The van der Waals surface area contributed by atoms with Crippen LogP contribution in [0.4, 0.5) is 5.82 Å². The number of rotatable bonds is 4. The fraction of sp³-hybridized carbons (Fsp3) is 0.167. The van der Waals surface area contributed by atoms with Crippen LogP contribution in [0.2, 0.25) is 5.15 Å². The molecule has 0 bridgehead atoms. The zero-order chi connectivity index (χ0) is 13.0. The highest BCUT2D eigenvalue weighted by Gasteiger charge is 2.03. The van der Waals surface area contributed by atoms with Crippen LogP contribution in [0.5, 0.6) is 5.75 Å². The molecule has 0 saturated heterocycles. The lowest BCUT2D eigenvalue weighted by molar-refractivity contribution is 0.414. The molecule has 0 aliphatic carbocycles. The number of halogens is 2. The second kappa shape index (κ2) is 6.19. The number of nitrogens with zero attached hydrogens (tertiary/aromatic N) is 2. The third-order valence-electron chi connectivity index (χ3n) is 2.32. The monoisotopic (exact) mass is 375 g/mol. The van der Waals surface area contributed by atoms with E-state index >= 15 is 0 Å². The number of hydrogen-bond acceptors (Lipinski definition) is 4. The molecule has 1 heterocycles. The smallest absolute Gasteiger partial charge is 0.172 e. The van der Waals surface area contributed by atoms with Gasteiger partial charge in [0.25, 0.3) is 0 Å². The molecule has 1 aromatic carbocycles. The van der Waals surface area contributed by atoms with Crippen LogP contribution < -0.4 is 10.1 Å². The standard InChI is InChI=1S/C12H11ClIN3O/c1-18-9-4-2-8(3-5-9)6-15-12-11(13)17-10(14)7-16-12/h2-5,7H,6H2,1H3,(H,15,16). The Morgan fingerprint density at radius 3 is 2.67 bits per heavy atom. The van der Waals surface area contributed by atoms with Crippen molar-refractivity contribution in [3.8, 4) is 5.75 Å². The Kier molecular flexibility index (Phi) is 4.60. The molecule has 0 aliphatic heterocycles. The minimum atomic E-state index is 0.385. The van der Waals surface area contributed by atoms with E-state index in [9.17, 15) is 0 Å². The molecule has 2 rings (SSSR count). The van der Waals surface area contributed by atoms with Crippen LogP contribution in [0.3, 0.4) is 0 Å². The summed E-state index contributed by atoms with van der Waals surface area (Å²) in [7, 11) is 1.65. The van der Waals surface area contributed by atoms with E-state index in [0.717, 1.165) is 15.0 Å². The Hall–Kier alpha value is -1.08. The van der Waals surface area contributed by atoms with E-state index in [1.807, 2.05) is 24.3 Å². The van der Waals surface area contributed by atoms with Crippen molar-refractivity contribution in [1.29, 1.82) is 0 Å². The summed E-state index contributed by atoms with van der Waals surface area (Å²) in [5.41, 5.74) is 1.12. The van der Waals surface area contributed by atoms with Gasteiger partial charge in [0.15, 0.2) is 11.0 Å². The van der Waals surface area contributed by atoms with E-state index in [2.05, 4.69) is 37.9 Å². The normalized spacial score (nSPS) is 10.2. The number of ether oxygens (including phenoxy) is 1. The van der Waals surface area contributed by atoms with Gasteiger partial charge >= 0.3 is 0 Å². The first-order valence-corrected chi connectivity index (χ1v) is 6.69. The number of hydrogen-bond donors (Lipinski definition) is 1. The molecule has 1 aromatic heterocycles. The summed E-state index contributed by atoms with van der Waals surface area (Å²) in [6.45, 7) is 0.638. The van der Waals surface area contributed by atoms with Crippen molar-refractivity contribution < 1.29 is 4.74 Å². The molecule has 0 amide bonds. The van der Waals surface area contributed by atoms with E-state index < -0.39 is 0 Å². The molecule has 0 atom stereocenters. The highest BCUT2D eigenvalue weighted by Crippen LogP contribution is 2.18. The van der Waals surface area contributed by atoms with Gasteiger partial charge < -0.3 is 10.1 Å². The van der Waals surface area contributed by atoms with Crippen LogP contribution in [0, 0.1) is 3.70 Å². The quantitative estimate of drug-likeness (QED) is 0.833.